The third-order valence-corrected chi connectivity index (χ3v) is 7.87. The van der Waals surface area contributed by atoms with Crippen molar-refractivity contribution in [2.45, 2.75) is 57.7 Å². The highest BCUT2D eigenvalue weighted by Crippen LogP contribution is 2.41. The van der Waals surface area contributed by atoms with Crippen LogP contribution in [0.4, 0.5) is 28.9 Å². The van der Waals surface area contributed by atoms with Crippen molar-refractivity contribution in [3.05, 3.63) is 41.3 Å². The molecule has 1 aliphatic carbocycles. The number of carboxylic acids is 1. The number of benzene rings is 1. The second kappa shape index (κ2) is 14.5. The number of methoxy groups -OCH3 is 2. The van der Waals surface area contributed by atoms with E-state index in [4.69, 9.17) is 19.0 Å². The van der Waals surface area contributed by atoms with Crippen LogP contribution in [0.3, 0.4) is 0 Å². The Kier molecular flexibility index (Phi) is 11.0. The number of amides is 1. The Hall–Kier alpha value is -3.49. The molecular weight excluding hydrogens is 590 g/mol. The van der Waals surface area contributed by atoms with E-state index in [1.54, 1.807) is 0 Å². The molecule has 2 heterocycles. The van der Waals surface area contributed by atoms with Crippen molar-refractivity contribution in [2.75, 3.05) is 50.5 Å². The molecule has 1 N–H and O–H groups in total. The molecule has 2 aromatic rings. The normalized spacial score (nSPS) is 19.2. The molecule has 10 nitrogen and oxygen atoms in total. The standard InChI is InChI=1S/C30H37F4N3O7/c1-18-6-8-19(9-7-18)28(38)37(21(16-41-2)17-42-3)25-14-24(31)26(13-22(25)29(39)40)44-27-23(30(32,33)34)12-20(15-35-27)36-10-4-5-11-43-36/h12-15,18-19,21H,4-11,16-17H2,1-3H3,(H,39,40). The summed E-state index contributed by atoms with van der Waals surface area (Å²) in [5.74, 6) is -4.93. The molecule has 1 saturated heterocycles. The highest BCUT2D eigenvalue weighted by atomic mass is 19.4. The summed E-state index contributed by atoms with van der Waals surface area (Å²) in [4.78, 5) is 36.8. The zero-order valence-corrected chi connectivity index (χ0v) is 24.9. The van der Waals surface area contributed by atoms with Crippen molar-refractivity contribution in [3.8, 4) is 11.6 Å². The number of anilines is 2. The van der Waals surface area contributed by atoms with Crippen LogP contribution in [-0.4, -0.2) is 68.6 Å². The Balaban J connectivity index is 1.75. The summed E-state index contributed by atoms with van der Waals surface area (Å²) in [5, 5.41) is 11.4. The van der Waals surface area contributed by atoms with E-state index in [-0.39, 0.29) is 24.6 Å². The van der Waals surface area contributed by atoms with Gasteiger partial charge in [-0.1, -0.05) is 6.92 Å². The first kappa shape index (κ1) is 33.4. The molecule has 0 bridgehead atoms. The molecule has 14 heteroatoms. The average molecular weight is 628 g/mol. The van der Waals surface area contributed by atoms with Crippen LogP contribution in [0.15, 0.2) is 24.4 Å². The minimum Gasteiger partial charge on any atom is -0.478 e. The fourth-order valence-electron chi connectivity index (χ4n) is 5.54. The van der Waals surface area contributed by atoms with Gasteiger partial charge in [-0.2, -0.15) is 13.2 Å². The summed E-state index contributed by atoms with van der Waals surface area (Å²) in [5.41, 5.74) is -2.09. The van der Waals surface area contributed by atoms with E-state index < -0.39 is 58.6 Å². The van der Waals surface area contributed by atoms with Crippen LogP contribution in [0, 0.1) is 17.7 Å². The molecule has 242 valence electrons. The van der Waals surface area contributed by atoms with E-state index in [0.717, 1.165) is 43.7 Å². The summed E-state index contributed by atoms with van der Waals surface area (Å²) in [6.07, 6.45) is 0.379. The van der Waals surface area contributed by atoms with Gasteiger partial charge in [-0.25, -0.2) is 14.2 Å². The number of ether oxygens (including phenoxy) is 3. The summed E-state index contributed by atoms with van der Waals surface area (Å²) in [6.45, 7) is 2.69. The molecule has 2 aliphatic rings. The minimum atomic E-state index is -4.94. The second-order valence-electron chi connectivity index (χ2n) is 11.1. The number of hydrogen-bond acceptors (Lipinski definition) is 8. The Morgan fingerprint density at radius 3 is 2.36 bits per heavy atom. The topological polar surface area (TPSA) is 111 Å². The number of hydroxylamine groups is 1. The van der Waals surface area contributed by atoms with E-state index in [0.29, 0.717) is 38.3 Å². The van der Waals surface area contributed by atoms with Gasteiger partial charge in [-0.15, -0.1) is 0 Å². The number of alkyl halides is 3. The van der Waals surface area contributed by atoms with Gasteiger partial charge in [0.25, 0.3) is 0 Å². The summed E-state index contributed by atoms with van der Waals surface area (Å²) in [6, 6.07) is 1.51. The Bertz CT molecular complexity index is 1310. The highest BCUT2D eigenvalue weighted by Gasteiger charge is 2.38. The number of nitrogens with zero attached hydrogens (tertiary/aromatic N) is 3. The predicted octanol–water partition coefficient (Wildman–Crippen LogP) is 6.08. The average Bonchev–Trinajstić information content (AvgIpc) is 2.99. The molecular formula is C30H37F4N3O7. The molecule has 4 rings (SSSR count). The van der Waals surface area contributed by atoms with Crippen LogP contribution in [-0.2, 0) is 25.3 Å². The number of rotatable bonds is 11. The van der Waals surface area contributed by atoms with Crippen molar-refractivity contribution in [3.63, 3.8) is 0 Å². The third kappa shape index (κ3) is 7.77. The first-order chi connectivity index (χ1) is 20.9. The first-order valence-corrected chi connectivity index (χ1v) is 14.5. The molecule has 1 aliphatic heterocycles. The van der Waals surface area contributed by atoms with Gasteiger partial charge < -0.3 is 24.2 Å². The lowest BCUT2D eigenvalue weighted by atomic mass is 9.82. The summed E-state index contributed by atoms with van der Waals surface area (Å²) < 4.78 is 73.7. The van der Waals surface area contributed by atoms with Crippen molar-refractivity contribution in [1.29, 1.82) is 0 Å². The van der Waals surface area contributed by atoms with Crippen LogP contribution in [0.2, 0.25) is 0 Å². The van der Waals surface area contributed by atoms with Crippen molar-refractivity contribution in [1.82, 2.24) is 4.98 Å². The number of aromatic carboxylic acids is 1. The van der Waals surface area contributed by atoms with Gasteiger partial charge in [0.1, 0.15) is 5.56 Å². The number of carbonyl (C=O) groups excluding carboxylic acids is 1. The lowest BCUT2D eigenvalue weighted by Gasteiger charge is -2.36. The number of hydrogen-bond donors (Lipinski definition) is 1. The van der Waals surface area contributed by atoms with Gasteiger partial charge in [-0.3, -0.25) is 14.7 Å². The van der Waals surface area contributed by atoms with Gasteiger partial charge in [0, 0.05) is 38.8 Å². The second-order valence-corrected chi connectivity index (χ2v) is 11.1. The quantitative estimate of drug-likeness (QED) is 0.296. The van der Waals surface area contributed by atoms with E-state index >= 15 is 4.39 Å². The first-order valence-electron chi connectivity index (χ1n) is 14.5. The number of aromatic nitrogens is 1. The molecule has 0 unspecified atom stereocenters. The maximum Gasteiger partial charge on any atom is 0.421 e. The molecule has 1 saturated carbocycles. The zero-order valence-electron chi connectivity index (χ0n) is 24.9. The van der Waals surface area contributed by atoms with Gasteiger partial charge in [0.15, 0.2) is 11.6 Å². The van der Waals surface area contributed by atoms with Gasteiger partial charge in [-0.05, 0) is 50.5 Å². The smallest absolute Gasteiger partial charge is 0.421 e. The summed E-state index contributed by atoms with van der Waals surface area (Å²) >= 11 is 0. The van der Waals surface area contributed by atoms with E-state index in [9.17, 15) is 27.9 Å². The molecule has 0 atom stereocenters. The Morgan fingerprint density at radius 2 is 1.80 bits per heavy atom. The lowest BCUT2D eigenvalue weighted by Crippen LogP contribution is -2.49. The van der Waals surface area contributed by atoms with Crippen molar-refractivity contribution >= 4 is 23.3 Å². The number of pyridine rings is 1. The molecule has 2 fully saturated rings. The largest absolute Gasteiger partial charge is 0.478 e. The highest BCUT2D eigenvalue weighted by molar-refractivity contribution is 6.03. The van der Waals surface area contributed by atoms with E-state index in [1.807, 2.05) is 0 Å². The fraction of sp³-hybridized carbons (Fsp3) is 0.567. The van der Waals surface area contributed by atoms with E-state index in [1.165, 1.54) is 24.2 Å². The SMILES string of the molecule is COCC(COC)N(C(=O)C1CCC(C)CC1)c1cc(F)c(Oc2ncc(N3CCCCO3)cc2C(F)(F)F)cc1C(=O)O. The van der Waals surface area contributed by atoms with E-state index in [2.05, 4.69) is 11.9 Å². The van der Waals surface area contributed by atoms with Gasteiger partial charge >= 0.3 is 12.1 Å². The molecule has 0 spiro atoms. The molecule has 44 heavy (non-hydrogen) atoms. The maximum absolute atomic E-state index is 15.7. The Labute approximate surface area is 252 Å². The van der Waals surface area contributed by atoms with Crippen molar-refractivity contribution in [2.24, 2.45) is 11.8 Å². The van der Waals surface area contributed by atoms with Crippen LogP contribution in [0.5, 0.6) is 11.6 Å². The molecule has 0 radical (unpaired) electrons. The van der Waals surface area contributed by atoms with Gasteiger partial charge in [0.05, 0.1) is 49.0 Å². The zero-order chi connectivity index (χ0) is 32.0. The third-order valence-electron chi connectivity index (χ3n) is 7.87. The van der Waals surface area contributed by atoms with Crippen LogP contribution in [0.1, 0.15) is 61.4 Å². The fourth-order valence-corrected chi connectivity index (χ4v) is 5.54. The predicted molar refractivity (Wildman–Crippen MR) is 151 cm³/mol. The monoisotopic (exact) mass is 627 g/mol. The number of carboxylic acid groups (broad SMARTS) is 1. The van der Waals surface area contributed by atoms with Crippen LogP contribution in [0.25, 0.3) is 0 Å². The van der Waals surface area contributed by atoms with Crippen molar-refractivity contribution < 1.29 is 51.3 Å². The summed E-state index contributed by atoms with van der Waals surface area (Å²) in [7, 11) is 2.80. The molecule has 1 aromatic carbocycles. The molecule has 1 amide bonds. The minimum absolute atomic E-state index is 0.0417. The Morgan fingerprint density at radius 1 is 1.11 bits per heavy atom. The number of halogens is 4. The van der Waals surface area contributed by atoms with Crippen LogP contribution < -0.4 is 14.7 Å². The number of carbonyl (C=O) groups is 2. The van der Waals surface area contributed by atoms with Crippen LogP contribution >= 0.6 is 0 Å². The van der Waals surface area contributed by atoms with Gasteiger partial charge in [0.2, 0.25) is 11.8 Å². The molecule has 1 aromatic heterocycles. The lowest BCUT2D eigenvalue weighted by molar-refractivity contribution is -0.139. The maximum atomic E-state index is 15.7.